The summed E-state index contributed by atoms with van der Waals surface area (Å²) in [5.74, 6) is -0.988. The highest BCUT2D eigenvalue weighted by molar-refractivity contribution is 6.46. The van der Waals surface area contributed by atoms with Gasteiger partial charge in [0, 0.05) is 26.2 Å². The molecule has 9 heteroatoms. The SMILES string of the molecule is C=CCOc1cccc(C2C(=C(O)c3cnn(-c4ccccc4)c3C)C(=O)C(=O)N2CCCN2CCOCC2)c1. The van der Waals surface area contributed by atoms with E-state index in [0.717, 1.165) is 25.3 Å². The smallest absolute Gasteiger partial charge is 0.295 e. The first kappa shape index (κ1) is 27.4. The maximum atomic E-state index is 13.5. The lowest BCUT2D eigenvalue weighted by Gasteiger charge is -2.29. The van der Waals surface area contributed by atoms with E-state index in [1.165, 1.54) is 6.20 Å². The summed E-state index contributed by atoms with van der Waals surface area (Å²) in [6, 6.07) is 16.1. The quantitative estimate of drug-likeness (QED) is 0.180. The van der Waals surface area contributed by atoms with Crippen LogP contribution in [0, 0.1) is 6.92 Å². The molecule has 9 nitrogen and oxygen atoms in total. The first-order valence-electron chi connectivity index (χ1n) is 13.5. The second-order valence-corrected chi connectivity index (χ2v) is 9.86. The van der Waals surface area contributed by atoms with Crippen LogP contribution >= 0.6 is 0 Å². The van der Waals surface area contributed by atoms with Crippen molar-refractivity contribution in [2.45, 2.75) is 19.4 Å². The third-order valence-electron chi connectivity index (χ3n) is 7.32. The fraction of sp³-hybridized carbons (Fsp3) is 0.323. The van der Waals surface area contributed by atoms with Crippen molar-refractivity contribution >= 4 is 17.4 Å². The zero-order valence-corrected chi connectivity index (χ0v) is 22.7. The predicted molar refractivity (Wildman–Crippen MR) is 151 cm³/mol. The molecule has 2 aliphatic rings. The van der Waals surface area contributed by atoms with E-state index < -0.39 is 17.7 Å². The number of aliphatic hydroxyl groups excluding tert-OH is 1. The standard InChI is InChI=1S/C31H34N4O5/c1-3-17-40-25-12-7-9-23(20-25)28-27(29(36)26-21-32-35(22(26)2)24-10-5-4-6-11-24)30(37)31(38)34(28)14-8-13-33-15-18-39-19-16-33/h3-7,9-12,20-21,28,36H,1,8,13-19H2,2H3. The third-order valence-corrected chi connectivity index (χ3v) is 7.32. The Balaban J connectivity index is 1.52. The predicted octanol–water partition coefficient (Wildman–Crippen LogP) is 3.89. The molecule has 5 rings (SSSR count). The number of Topliss-reactive ketones (excluding diaryl/α,β-unsaturated/α-hetero) is 1. The number of aliphatic hydroxyl groups is 1. The van der Waals surface area contributed by atoms with E-state index in [4.69, 9.17) is 9.47 Å². The Labute approximate surface area is 233 Å². The summed E-state index contributed by atoms with van der Waals surface area (Å²) in [7, 11) is 0. The molecular formula is C31H34N4O5. The number of amides is 1. The molecule has 208 valence electrons. The van der Waals surface area contributed by atoms with E-state index in [1.807, 2.05) is 61.5 Å². The molecule has 3 aromatic rings. The van der Waals surface area contributed by atoms with Crippen LogP contribution in [0.25, 0.3) is 11.4 Å². The summed E-state index contributed by atoms with van der Waals surface area (Å²) in [4.78, 5) is 30.8. The van der Waals surface area contributed by atoms with Gasteiger partial charge in [0.05, 0.1) is 48.0 Å². The van der Waals surface area contributed by atoms with Crippen molar-refractivity contribution < 1.29 is 24.2 Å². The number of hydrogen-bond acceptors (Lipinski definition) is 7. The zero-order chi connectivity index (χ0) is 28.1. The van der Waals surface area contributed by atoms with Crippen LogP contribution in [0.1, 0.15) is 29.3 Å². The van der Waals surface area contributed by atoms with Gasteiger partial charge in [-0.15, -0.1) is 0 Å². The van der Waals surface area contributed by atoms with Crippen molar-refractivity contribution in [3.05, 3.63) is 95.8 Å². The first-order chi connectivity index (χ1) is 19.5. The fourth-order valence-corrected chi connectivity index (χ4v) is 5.29. The first-order valence-corrected chi connectivity index (χ1v) is 13.5. The van der Waals surface area contributed by atoms with Crippen LogP contribution in [-0.2, 0) is 14.3 Å². The zero-order valence-electron chi connectivity index (χ0n) is 22.7. The normalized spacial score (nSPS) is 19.2. The summed E-state index contributed by atoms with van der Waals surface area (Å²) in [5.41, 5.74) is 2.62. The molecule has 2 saturated heterocycles. The van der Waals surface area contributed by atoms with Crippen molar-refractivity contribution in [1.82, 2.24) is 19.6 Å². The van der Waals surface area contributed by atoms with Crippen LogP contribution in [0.2, 0.25) is 0 Å². The Hall–Kier alpha value is -4.21. The number of morpholine rings is 1. The molecule has 1 unspecified atom stereocenters. The van der Waals surface area contributed by atoms with Gasteiger partial charge in [0.1, 0.15) is 18.1 Å². The van der Waals surface area contributed by atoms with Gasteiger partial charge in [0.15, 0.2) is 0 Å². The highest BCUT2D eigenvalue weighted by Crippen LogP contribution is 2.41. The topological polar surface area (TPSA) is 97.1 Å². The lowest BCUT2D eigenvalue weighted by atomic mass is 9.95. The largest absolute Gasteiger partial charge is 0.507 e. The van der Waals surface area contributed by atoms with Crippen LogP contribution in [-0.4, -0.2) is 82.4 Å². The lowest BCUT2D eigenvalue weighted by Crippen LogP contribution is -2.38. The van der Waals surface area contributed by atoms with Gasteiger partial charge >= 0.3 is 0 Å². The molecule has 0 radical (unpaired) electrons. The van der Waals surface area contributed by atoms with Gasteiger partial charge in [0.2, 0.25) is 0 Å². The van der Waals surface area contributed by atoms with Crippen molar-refractivity contribution in [3.63, 3.8) is 0 Å². The minimum atomic E-state index is -0.767. The van der Waals surface area contributed by atoms with Crippen LogP contribution in [0.4, 0.5) is 0 Å². The van der Waals surface area contributed by atoms with E-state index in [-0.39, 0.29) is 11.3 Å². The molecule has 2 aromatic carbocycles. The van der Waals surface area contributed by atoms with Gasteiger partial charge in [-0.3, -0.25) is 14.5 Å². The molecule has 0 spiro atoms. The molecule has 1 amide bonds. The second kappa shape index (κ2) is 12.3. The molecule has 1 atom stereocenters. The number of carbonyl (C=O) groups is 2. The van der Waals surface area contributed by atoms with E-state index >= 15 is 0 Å². The summed E-state index contributed by atoms with van der Waals surface area (Å²) in [5, 5.41) is 16.1. The maximum Gasteiger partial charge on any atom is 0.295 e. The van der Waals surface area contributed by atoms with Gasteiger partial charge in [-0.1, -0.05) is 43.0 Å². The van der Waals surface area contributed by atoms with E-state index in [9.17, 15) is 14.7 Å². The van der Waals surface area contributed by atoms with Gasteiger partial charge in [-0.2, -0.15) is 5.10 Å². The Kier molecular flexibility index (Phi) is 8.42. The number of rotatable bonds is 10. The molecule has 0 saturated carbocycles. The molecule has 1 aromatic heterocycles. The number of ketones is 1. The fourth-order valence-electron chi connectivity index (χ4n) is 5.29. The molecule has 0 aliphatic carbocycles. The van der Waals surface area contributed by atoms with E-state index in [0.29, 0.717) is 55.4 Å². The number of aromatic nitrogens is 2. The average molecular weight is 543 g/mol. The van der Waals surface area contributed by atoms with Crippen LogP contribution < -0.4 is 4.74 Å². The van der Waals surface area contributed by atoms with Crippen molar-refractivity contribution in [2.75, 3.05) is 46.0 Å². The van der Waals surface area contributed by atoms with Crippen LogP contribution in [0.5, 0.6) is 5.75 Å². The summed E-state index contributed by atoms with van der Waals surface area (Å²) in [6.45, 7) is 10.1. The van der Waals surface area contributed by atoms with Gasteiger partial charge in [-0.25, -0.2) is 4.68 Å². The van der Waals surface area contributed by atoms with Crippen LogP contribution in [0.15, 0.2) is 79.0 Å². The molecule has 2 aliphatic heterocycles. The Bertz CT molecular complexity index is 1410. The minimum absolute atomic E-state index is 0.0490. The van der Waals surface area contributed by atoms with Crippen molar-refractivity contribution in [3.8, 4) is 11.4 Å². The summed E-state index contributed by atoms with van der Waals surface area (Å²) >= 11 is 0. The van der Waals surface area contributed by atoms with E-state index in [2.05, 4.69) is 16.6 Å². The second-order valence-electron chi connectivity index (χ2n) is 9.86. The number of benzene rings is 2. The molecule has 40 heavy (non-hydrogen) atoms. The molecule has 0 bridgehead atoms. The Morgan fingerprint density at radius 1 is 1.12 bits per heavy atom. The number of likely N-dealkylation sites (tertiary alicyclic amines) is 1. The molecule has 1 N–H and O–H groups in total. The number of hydrogen-bond donors (Lipinski definition) is 1. The number of para-hydroxylation sites is 1. The average Bonchev–Trinajstić information content (AvgIpc) is 3.49. The summed E-state index contributed by atoms with van der Waals surface area (Å²) < 4.78 is 12.9. The van der Waals surface area contributed by atoms with Crippen LogP contribution in [0.3, 0.4) is 0 Å². The molecule has 3 heterocycles. The highest BCUT2D eigenvalue weighted by atomic mass is 16.5. The van der Waals surface area contributed by atoms with Crippen molar-refractivity contribution in [2.24, 2.45) is 0 Å². The number of carbonyl (C=O) groups excluding carboxylic acids is 2. The minimum Gasteiger partial charge on any atom is -0.507 e. The Morgan fingerprint density at radius 2 is 1.90 bits per heavy atom. The number of ether oxygens (including phenoxy) is 2. The van der Waals surface area contributed by atoms with E-state index in [1.54, 1.807) is 15.7 Å². The Morgan fingerprint density at radius 3 is 2.65 bits per heavy atom. The van der Waals surface area contributed by atoms with Gasteiger partial charge in [-0.05, 0) is 43.2 Å². The molecular weight excluding hydrogens is 508 g/mol. The van der Waals surface area contributed by atoms with Gasteiger partial charge in [0.25, 0.3) is 11.7 Å². The molecule has 2 fully saturated rings. The van der Waals surface area contributed by atoms with Gasteiger partial charge < -0.3 is 19.5 Å². The van der Waals surface area contributed by atoms with Crippen molar-refractivity contribution in [1.29, 1.82) is 0 Å². The monoisotopic (exact) mass is 542 g/mol. The number of nitrogens with zero attached hydrogens (tertiary/aromatic N) is 4. The maximum absolute atomic E-state index is 13.5. The third kappa shape index (κ3) is 5.57. The summed E-state index contributed by atoms with van der Waals surface area (Å²) in [6.07, 6.45) is 3.86. The highest BCUT2D eigenvalue weighted by Gasteiger charge is 2.46. The lowest BCUT2D eigenvalue weighted by molar-refractivity contribution is -0.140.